The van der Waals surface area contributed by atoms with Crippen LogP contribution in [0.1, 0.15) is 47.3 Å². The first-order valence-corrected chi connectivity index (χ1v) is 9.57. The predicted octanol–water partition coefficient (Wildman–Crippen LogP) is 2.45. The summed E-state index contributed by atoms with van der Waals surface area (Å²) in [6, 6.07) is 3.39. The molecular weight excluding hydrogens is 368 g/mol. The van der Waals surface area contributed by atoms with Gasteiger partial charge in [0, 0.05) is 48.4 Å². The van der Waals surface area contributed by atoms with E-state index in [1.807, 2.05) is 45.5 Å². The number of nitrogens with one attached hydrogen (secondary N) is 1. The van der Waals surface area contributed by atoms with E-state index in [1.54, 1.807) is 33.9 Å². The lowest BCUT2D eigenvalue weighted by molar-refractivity contribution is 0.0934. The van der Waals surface area contributed by atoms with Gasteiger partial charge in [0.25, 0.3) is 5.91 Å². The Balaban J connectivity index is 1.64. The van der Waals surface area contributed by atoms with Crippen molar-refractivity contribution in [3.05, 3.63) is 53.4 Å². The number of carbonyl (C=O) groups excluding carboxylic acids is 1. The zero-order valence-electron chi connectivity index (χ0n) is 17.2. The van der Waals surface area contributed by atoms with Crippen LogP contribution in [-0.2, 0) is 13.6 Å². The molecule has 4 rings (SSSR count). The Bertz CT molecular complexity index is 1200. The molecule has 1 amide bonds. The van der Waals surface area contributed by atoms with Gasteiger partial charge in [-0.1, -0.05) is 0 Å². The van der Waals surface area contributed by atoms with Gasteiger partial charge < -0.3 is 5.32 Å². The van der Waals surface area contributed by atoms with Crippen LogP contribution in [0.4, 0.5) is 0 Å². The standard InChI is InChI=1S/C20H24N8O/c1-6-27-14(4)15(10-23-27)12(2)24-20(29)17-9-19-21-8-7-18(28(19)25-17)16-11-22-26(5)13(16)3/h7-12H,6H2,1-5H3,(H,24,29). The SMILES string of the molecule is CCn1ncc(C(C)NC(=O)c2cc3nccc(-c4cnn(C)c4C)n3n2)c1C. The highest BCUT2D eigenvalue weighted by Gasteiger charge is 2.20. The first-order chi connectivity index (χ1) is 13.9. The monoisotopic (exact) mass is 392 g/mol. The Morgan fingerprint density at radius 3 is 2.66 bits per heavy atom. The predicted molar refractivity (Wildman–Crippen MR) is 108 cm³/mol. The van der Waals surface area contributed by atoms with E-state index in [0.717, 1.165) is 34.8 Å². The third kappa shape index (κ3) is 3.18. The normalized spacial score (nSPS) is 12.4. The zero-order valence-corrected chi connectivity index (χ0v) is 17.2. The molecule has 0 aromatic carbocycles. The summed E-state index contributed by atoms with van der Waals surface area (Å²) >= 11 is 0. The molecule has 150 valence electrons. The number of hydrogen-bond acceptors (Lipinski definition) is 5. The van der Waals surface area contributed by atoms with Crippen molar-refractivity contribution in [1.29, 1.82) is 0 Å². The first kappa shape index (κ1) is 18.9. The van der Waals surface area contributed by atoms with Crippen molar-refractivity contribution in [2.45, 2.75) is 40.3 Å². The molecule has 1 atom stereocenters. The first-order valence-electron chi connectivity index (χ1n) is 9.57. The third-order valence-electron chi connectivity index (χ3n) is 5.36. The van der Waals surface area contributed by atoms with Gasteiger partial charge in [-0.3, -0.25) is 14.2 Å². The lowest BCUT2D eigenvalue weighted by atomic mass is 10.1. The number of fused-ring (bicyclic) bond motifs is 1. The summed E-state index contributed by atoms with van der Waals surface area (Å²) in [4.78, 5) is 17.2. The molecule has 1 unspecified atom stereocenters. The molecule has 0 aliphatic heterocycles. The molecule has 0 aliphatic rings. The molecule has 0 fully saturated rings. The fraction of sp³-hybridized carbons (Fsp3) is 0.350. The molecule has 0 radical (unpaired) electrons. The topological polar surface area (TPSA) is 94.9 Å². The molecule has 29 heavy (non-hydrogen) atoms. The van der Waals surface area contributed by atoms with Crippen LogP contribution in [0.15, 0.2) is 30.7 Å². The number of nitrogens with zero attached hydrogens (tertiary/aromatic N) is 7. The Kier molecular flexibility index (Phi) is 4.65. The van der Waals surface area contributed by atoms with Gasteiger partial charge in [-0.25, -0.2) is 9.50 Å². The van der Waals surface area contributed by atoms with Crippen LogP contribution in [0.3, 0.4) is 0 Å². The largest absolute Gasteiger partial charge is 0.344 e. The van der Waals surface area contributed by atoms with Gasteiger partial charge in [0.05, 0.1) is 24.1 Å². The maximum atomic E-state index is 12.8. The van der Waals surface area contributed by atoms with Crippen LogP contribution in [0.2, 0.25) is 0 Å². The van der Waals surface area contributed by atoms with Gasteiger partial charge in [0.15, 0.2) is 11.3 Å². The molecule has 9 heteroatoms. The van der Waals surface area contributed by atoms with Gasteiger partial charge in [-0.15, -0.1) is 0 Å². The molecule has 0 aliphatic carbocycles. The fourth-order valence-corrected chi connectivity index (χ4v) is 3.51. The highest BCUT2D eigenvalue weighted by molar-refractivity contribution is 5.93. The minimum absolute atomic E-state index is 0.180. The van der Waals surface area contributed by atoms with E-state index in [4.69, 9.17) is 0 Å². The molecule has 9 nitrogen and oxygen atoms in total. The summed E-state index contributed by atoms with van der Waals surface area (Å²) in [6.07, 6.45) is 5.31. The van der Waals surface area contributed by atoms with Gasteiger partial charge >= 0.3 is 0 Å². The number of rotatable bonds is 5. The van der Waals surface area contributed by atoms with E-state index in [1.165, 1.54) is 0 Å². The second-order valence-corrected chi connectivity index (χ2v) is 7.09. The molecule has 0 bridgehead atoms. The summed E-state index contributed by atoms with van der Waals surface area (Å²) in [5, 5.41) is 16.2. The van der Waals surface area contributed by atoms with Crippen molar-refractivity contribution >= 4 is 11.6 Å². The number of aryl methyl sites for hydroxylation is 2. The summed E-state index contributed by atoms with van der Waals surface area (Å²) in [5.74, 6) is -0.250. The molecule has 1 N–H and O–H groups in total. The maximum Gasteiger partial charge on any atom is 0.272 e. The minimum atomic E-state index is -0.250. The number of carbonyl (C=O) groups is 1. The molecule has 0 saturated heterocycles. The van der Waals surface area contributed by atoms with Gasteiger partial charge in [-0.05, 0) is 33.8 Å². The van der Waals surface area contributed by atoms with Crippen LogP contribution >= 0.6 is 0 Å². The number of amides is 1. The van der Waals surface area contributed by atoms with E-state index < -0.39 is 0 Å². The Morgan fingerprint density at radius 1 is 1.21 bits per heavy atom. The summed E-state index contributed by atoms with van der Waals surface area (Å²) in [7, 11) is 1.89. The van der Waals surface area contributed by atoms with Crippen molar-refractivity contribution < 1.29 is 4.79 Å². The van der Waals surface area contributed by atoms with Crippen molar-refractivity contribution in [2.24, 2.45) is 7.05 Å². The van der Waals surface area contributed by atoms with Gasteiger partial charge in [0.2, 0.25) is 0 Å². The van der Waals surface area contributed by atoms with Crippen LogP contribution in [-0.4, -0.2) is 40.1 Å². The Hall–Kier alpha value is -3.49. The maximum absolute atomic E-state index is 12.8. The number of aromatic nitrogens is 7. The van der Waals surface area contributed by atoms with E-state index in [9.17, 15) is 4.79 Å². The van der Waals surface area contributed by atoms with Crippen molar-refractivity contribution in [3.8, 4) is 11.3 Å². The second-order valence-electron chi connectivity index (χ2n) is 7.09. The van der Waals surface area contributed by atoms with Crippen molar-refractivity contribution in [3.63, 3.8) is 0 Å². The molecule has 0 spiro atoms. The van der Waals surface area contributed by atoms with E-state index in [0.29, 0.717) is 11.3 Å². The molecule has 4 aromatic heterocycles. The Morgan fingerprint density at radius 2 is 2.00 bits per heavy atom. The van der Waals surface area contributed by atoms with Crippen LogP contribution in [0.25, 0.3) is 16.9 Å². The zero-order chi connectivity index (χ0) is 20.7. The minimum Gasteiger partial charge on any atom is -0.344 e. The molecular formula is C20H24N8O. The molecule has 4 heterocycles. The number of hydrogen-bond donors (Lipinski definition) is 1. The lowest BCUT2D eigenvalue weighted by Crippen LogP contribution is -2.27. The molecule has 0 saturated carbocycles. The van der Waals surface area contributed by atoms with E-state index in [2.05, 4.69) is 25.6 Å². The van der Waals surface area contributed by atoms with Crippen LogP contribution < -0.4 is 5.32 Å². The van der Waals surface area contributed by atoms with Crippen LogP contribution in [0, 0.1) is 13.8 Å². The Labute approximate surface area is 168 Å². The van der Waals surface area contributed by atoms with Crippen molar-refractivity contribution in [1.82, 2.24) is 39.5 Å². The smallest absolute Gasteiger partial charge is 0.272 e. The van der Waals surface area contributed by atoms with Crippen molar-refractivity contribution in [2.75, 3.05) is 0 Å². The van der Waals surface area contributed by atoms with Gasteiger partial charge in [0.1, 0.15) is 0 Å². The lowest BCUT2D eigenvalue weighted by Gasteiger charge is -2.13. The quantitative estimate of drug-likeness (QED) is 0.563. The average molecular weight is 392 g/mol. The third-order valence-corrected chi connectivity index (χ3v) is 5.36. The van der Waals surface area contributed by atoms with E-state index >= 15 is 0 Å². The second kappa shape index (κ2) is 7.16. The molecule has 4 aromatic rings. The van der Waals surface area contributed by atoms with E-state index in [-0.39, 0.29) is 11.9 Å². The summed E-state index contributed by atoms with van der Waals surface area (Å²) < 4.78 is 5.40. The summed E-state index contributed by atoms with van der Waals surface area (Å²) in [5.41, 5.74) is 5.77. The fourth-order valence-electron chi connectivity index (χ4n) is 3.51. The van der Waals surface area contributed by atoms with Gasteiger partial charge in [-0.2, -0.15) is 15.3 Å². The van der Waals surface area contributed by atoms with Crippen LogP contribution in [0.5, 0.6) is 0 Å². The highest BCUT2D eigenvalue weighted by atomic mass is 16.2. The highest BCUT2D eigenvalue weighted by Crippen LogP contribution is 2.23. The average Bonchev–Trinajstić information content (AvgIpc) is 3.39. The summed E-state index contributed by atoms with van der Waals surface area (Å²) in [6.45, 7) is 8.78.